The molecule has 6 nitrogen and oxygen atoms in total. The Morgan fingerprint density at radius 2 is 1.86 bits per heavy atom. The molecule has 0 aromatic heterocycles. The third-order valence-electron chi connectivity index (χ3n) is 4.70. The molecule has 1 aliphatic heterocycles. The van der Waals surface area contributed by atoms with Crippen molar-refractivity contribution in [2.45, 2.75) is 27.2 Å². The Morgan fingerprint density at radius 3 is 2.55 bits per heavy atom. The van der Waals surface area contributed by atoms with Gasteiger partial charge in [-0.2, -0.15) is 0 Å². The lowest BCUT2D eigenvalue weighted by Crippen LogP contribution is -2.28. The van der Waals surface area contributed by atoms with Crippen LogP contribution in [0.25, 0.3) is 0 Å². The van der Waals surface area contributed by atoms with Crippen LogP contribution < -0.4 is 19.7 Å². The normalized spacial score (nSPS) is 16.1. The molecule has 2 aromatic rings. The van der Waals surface area contributed by atoms with Crippen LogP contribution in [0.3, 0.4) is 0 Å². The minimum Gasteiger partial charge on any atom is -0.490 e. The number of hydrogen-bond donors (Lipinski definition) is 1. The maximum Gasteiger partial charge on any atom is 0.229 e. The van der Waals surface area contributed by atoms with E-state index in [4.69, 9.17) is 9.47 Å². The Morgan fingerprint density at radius 1 is 1.14 bits per heavy atom. The first kappa shape index (κ1) is 20.6. The van der Waals surface area contributed by atoms with Crippen LogP contribution >= 0.6 is 0 Å². The van der Waals surface area contributed by atoms with Crippen LogP contribution in [0, 0.1) is 18.7 Å². The molecule has 1 fully saturated rings. The van der Waals surface area contributed by atoms with E-state index in [1.807, 2.05) is 13.8 Å². The summed E-state index contributed by atoms with van der Waals surface area (Å²) in [5.74, 6) is -0.449. The maximum atomic E-state index is 14.2. The van der Waals surface area contributed by atoms with E-state index >= 15 is 0 Å². The highest BCUT2D eigenvalue weighted by molar-refractivity contribution is 6.03. The second-order valence-electron chi connectivity index (χ2n) is 6.88. The number of nitrogens with one attached hydrogen (secondary N) is 1. The van der Waals surface area contributed by atoms with Crippen molar-refractivity contribution in [3.63, 3.8) is 0 Å². The van der Waals surface area contributed by atoms with Crippen molar-refractivity contribution < 1.29 is 23.5 Å². The molecule has 0 aliphatic carbocycles. The van der Waals surface area contributed by atoms with Gasteiger partial charge in [-0.05, 0) is 50.6 Å². The van der Waals surface area contributed by atoms with Crippen LogP contribution in [0.4, 0.5) is 15.8 Å². The standard InChI is InChI=1S/C22H25FN2O4/c1-4-28-19-9-7-16(12-20(19)29-5-2)24-22(27)15-11-21(26)25(13-15)18-8-6-14(3)10-17(18)23/h6-10,12,15H,4-5,11,13H2,1-3H3,(H,24,27). The lowest BCUT2D eigenvalue weighted by atomic mass is 10.1. The van der Waals surface area contributed by atoms with Gasteiger partial charge >= 0.3 is 0 Å². The van der Waals surface area contributed by atoms with Gasteiger partial charge in [0.1, 0.15) is 5.82 Å². The van der Waals surface area contributed by atoms with Crippen molar-refractivity contribution in [1.82, 2.24) is 0 Å². The van der Waals surface area contributed by atoms with Crippen molar-refractivity contribution >= 4 is 23.2 Å². The van der Waals surface area contributed by atoms with E-state index in [2.05, 4.69) is 5.32 Å². The number of rotatable bonds is 7. The number of carbonyl (C=O) groups excluding carboxylic acids is 2. The molecule has 2 aromatic carbocycles. The molecule has 0 saturated carbocycles. The first-order valence-electron chi connectivity index (χ1n) is 9.70. The lowest BCUT2D eigenvalue weighted by Gasteiger charge is -2.18. The second-order valence-corrected chi connectivity index (χ2v) is 6.88. The maximum absolute atomic E-state index is 14.2. The highest BCUT2D eigenvalue weighted by atomic mass is 19.1. The van der Waals surface area contributed by atoms with Crippen LogP contribution in [0.15, 0.2) is 36.4 Å². The predicted octanol–water partition coefficient (Wildman–Crippen LogP) is 3.92. The molecule has 1 N–H and O–H groups in total. The molecule has 0 radical (unpaired) electrons. The monoisotopic (exact) mass is 400 g/mol. The molecule has 7 heteroatoms. The van der Waals surface area contributed by atoms with Gasteiger partial charge in [0, 0.05) is 24.7 Å². The number of hydrogen-bond acceptors (Lipinski definition) is 4. The van der Waals surface area contributed by atoms with Crippen LogP contribution in [-0.2, 0) is 9.59 Å². The number of benzene rings is 2. The smallest absolute Gasteiger partial charge is 0.229 e. The van der Waals surface area contributed by atoms with Crippen LogP contribution in [0.1, 0.15) is 25.8 Å². The first-order chi connectivity index (χ1) is 13.9. The molecule has 3 rings (SSSR count). The van der Waals surface area contributed by atoms with Gasteiger partial charge in [0.25, 0.3) is 0 Å². The average molecular weight is 400 g/mol. The molecule has 0 bridgehead atoms. The van der Waals surface area contributed by atoms with E-state index in [0.717, 1.165) is 5.56 Å². The second kappa shape index (κ2) is 8.94. The highest BCUT2D eigenvalue weighted by Gasteiger charge is 2.36. The zero-order valence-corrected chi connectivity index (χ0v) is 16.8. The molecule has 1 saturated heterocycles. The lowest BCUT2D eigenvalue weighted by molar-refractivity contribution is -0.122. The summed E-state index contributed by atoms with van der Waals surface area (Å²) >= 11 is 0. The van der Waals surface area contributed by atoms with Crippen LogP contribution in [0.2, 0.25) is 0 Å². The Labute approximate surface area is 169 Å². The number of ether oxygens (including phenoxy) is 2. The van der Waals surface area contributed by atoms with E-state index in [1.54, 1.807) is 37.3 Å². The Bertz CT molecular complexity index is 916. The molecular weight excluding hydrogens is 375 g/mol. The predicted molar refractivity (Wildman–Crippen MR) is 109 cm³/mol. The summed E-state index contributed by atoms with van der Waals surface area (Å²) < 4.78 is 25.3. The number of nitrogens with zero attached hydrogens (tertiary/aromatic N) is 1. The van der Waals surface area contributed by atoms with Gasteiger partial charge in [0.15, 0.2) is 11.5 Å². The molecule has 154 valence electrons. The summed E-state index contributed by atoms with van der Waals surface area (Å²) in [5, 5.41) is 2.82. The fourth-order valence-corrected chi connectivity index (χ4v) is 3.32. The van der Waals surface area contributed by atoms with Gasteiger partial charge in [-0.1, -0.05) is 6.07 Å². The average Bonchev–Trinajstić information content (AvgIpc) is 3.06. The fraction of sp³-hybridized carbons (Fsp3) is 0.364. The van der Waals surface area contributed by atoms with Gasteiger partial charge < -0.3 is 19.7 Å². The fourth-order valence-electron chi connectivity index (χ4n) is 3.32. The number of anilines is 2. The number of aryl methyl sites for hydroxylation is 1. The molecular formula is C22H25FN2O4. The van der Waals surface area contributed by atoms with Crippen molar-refractivity contribution in [1.29, 1.82) is 0 Å². The summed E-state index contributed by atoms with van der Waals surface area (Å²) in [5.41, 5.74) is 1.53. The number of carbonyl (C=O) groups is 2. The number of amides is 2. The highest BCUT2D eigenvalue weighted by Crippen LogP contribution is 2.32. The third kappa shape index (κ3) is 4.67. The largest absolute Gasteiger partial charge is 0.490 e. The molecule has 1 aliphatic rings. The third-order valence-corrected chi connectivity index (χ3v) is 4.70. The molecule has 0 spiro atoms. The van der Waals surface area contributed by atoms with Crippen LogP contribution in [-0.4, -0.2) is 31.6 Å². The van der Waals surface area contributed by atoms with Gasteiger partial charge in [-0.3, -0.25) is 9.59 Å². The van der Waals surface area contributed by atoms with Crippen molar-refractivity contribution in [2.24, 2.45) is 5.92 Å². The number of halogens is 1. The van der Waals surface area contributed by atoms with Gasteiger partial charge in [0.05, 0.1) is 24.8 Å². The van der Waals surface area contributed by atoms with E-state index in [1.165, 1.54) is 11.0 Å². The Balaban J connectivity index is 1.71. The SMILES string of the molecule is CCOc1ccc(NC(=O)C2CC(=O)N(c3ccc(C)cc3F)C2)cc1OCC. The summed E-state index contributed by atoms with van der Waals surface area (Å²) in [6, 6.07) is 9.85. The van der Waals surface area contributed by atoms with E-state index < -0.39 is 11.7 Å². The topological polar surface area (TPSA) is 67.9 Å². The minimum absolute atomic E-state index is 0.0362. The molecule has 1 unspecified atom stereocenters. The van der Waals surface area contributed by atoms with Crippen LogP contribution in [0.5, 0.6) is 11.5 Å². The van der Waals surface area contributed by atoms with Crippen molar-refractivity contribution in [2.75, 3.05) is 30.0 Å². The first-order valence-corrected chi connectivity index (χ1v) is 9.70. The molecule has 2 amide bonds. The Kier molecular flexibility index (Phi) is 6.36. The zero-order chi connectivity index (χ0) is 21.0. The van der Waals surface area contributed by atoms with Crippen molar-refractivity contribution in [3.8, 4) is 11.5 Å². The molecule has 29 heavy (non-hydrogen) atoms. The molecule has 1 atom stereocenters. The zero-order valence-electron chi connectivity index (χ0n) is 16.8. The summed E-state index contributed by atoms with van der Waals surface area (Å²) in [4.78, 5) is 26.4. The van der Waals surface area contributed by atoms with E-state index in [9.17, 15) is 14.0 Å². The minimum atomic E-state index is -0.565. The Hall–Kier alpha value is -3.09. The van der Waals surface area contributed by atoms with Gasteiger partial charge in [-0.15, -0.1) is 0 Å². The van der Waals surface area contributed by atoms with E-state index in [-0.39, 0.29) is 30.5 Å². The van der Waals surface area contributed by atoms with Gasteiger partial charge in [0.2, 0.25) is 11.8 Å². The summed E-state index contributed by atoms with van der Waals surface area (Å²) in [6.45, 7) is 6.63. The molecule has 1 heterocycles. The van der Waals surface area contributed by atoms with Gasteiger partial charge in [-0.25, -0.2) is 4.39 Å². The summed E-state index contributed by atoms with van der Waals surface area (Å²) in [7, 11) is 0. The van der Waals surface area contributed by atoms with Crippen molar-refractivity contribution in [3.05, 3.63) is 47.8 Å². The summed E-state index contributed by atoms with van der Waals surface area (Å²) in [6.07, 6.45) is 0.0362. The van der Waals surface area contributed by atoms with E-state index in [0.29, 0.717) is 30.4 Å². The quantitative estimate of drug-likeness (QED) is 0.765.